The van der Waals surface area contributed by atoms with E-state index in [1.165, 1.54) is 26.3 Å². The maximum atomic E-state index is 10.1. The maximum Gasteiger partial charge on any atom is 0.302 e. The second-order valence-corrected chi connectivity index (χ2v) is 4.26. The molecule has 3 nitrogen and oxygen atoms in total. The number of ketones is 1. The SMILES string of the molecule is CC(C)=O.CCCCOC(C)=O.Cc1ccccc1. The first-order valence-corrected chi connectivity index (χ1v) is 6.52. The molecule has 0 aliphatic heterocycles. The number of carbonyl (C=O) groups excluding carboxylic acids is 2. The molecule has 0 aliphatic rings. The van der Waals surface area contributed by atoms with Crippen molar-refractivity contribution in [3.8, 4) is 0 Å². The number of ether oxygens (including phenoxy) is 1. The molecule has 0 fully saturated rings. The van der Waals surface area contributed by atoms with E-state index in [-0.39, 0.29) is 11.8 Å². The average molecular weight is 266 g/mol. The lowest BCUT2D eigenvalue weighted by Gasteiger charge is -1.96. The molecule has 19 heavy (non-hydrogen) atoms. The molecule has 1 rings (SSSR count). The van der Waals surface area contributed by atoms with Gasteiger partial charge >= 0.3 is 5.97 Å². The van der Waals surface area contributed by atoms with Crippen LogP contribution in [-0.4, -0.2) is 18.4 Å². The molecular formula is C16H26O3. The average Bonchev–Trinajstić information content (AvgIpc) is 2.30. The summed E-state index contributed by atoms with van der Waals surface area (Å²) in [6.07, 6.45) is 2.05. The molecule has 3 heteroatoms. The molecule has 0 saturated heterocycles. The molecule has 0 atom stereocenters. The lowest BCUT2D eigenvalue weighted by Crippen LogP contribution is -1.99. The molecule has 0 aromatic heterocycles. The molecule has 0 aliphatic carbocycles. The van der Waals surface area contributed by atoms with Crippen molar-refractivity contribution in [2.75, 3.05) is 6.61 Å². The minimum atomic E-state index is -0.182. The minimum absolute atomic E-state index is 0.167. The molecule has 1 aromatic carbocycles. The summed E-state index contributed by atoms with van der Waals surface area (Å²) in [4.78, 5) is 19.5. The number of hydrogen-bond donors (Lipinski definition) is 0. The summed E-state index contributed by atoms with van der Waals surface area (Å²) in [6.45, 7) is 9.20. The van der Waals surface area contributed by atoms with Gasteiger partial charge in [-0.05, 0) is 27.2 Å². The number of rotatable bonds is 3. The molecule has 0 unspecified atom stereocenters. The van der Waals surface area contributed by atoms with Crippen LogP contribution in [0, 0.1) is 6.92 Å². The Morgan fingerprint density at radius 1 is 1.05 bits per heavy atom. The van der Waals surface area contributed by atoms with Crippen LogP contribution in [0.25, 0.3) is 0 Å². The third kappa shape index (κ3) is 26.1. The normalized spacial score (nSPS) is 8.26. The van der Waals surface area contributed by atoms with E-state index < -0.39 is 0 Å². The predicted molar refractivity (Wildman–Crippen MR) is 79.1 cm³/mol. The fourth-order valence-corrected chi connectivity index (χ4v) is 0.895. The number of carbonyl (C=O) groups is 2. The van der Waals surface area contributed by atoms with Crippen molar-refractivity contribution in [3.63, 3.8) is 0 Å². The first-order chi connectivity index (χ1) is 8.90. The molecule has 1 aromatic rings. The number of aryl methyl sites for hydroxylation is 1. The van der Waals surface area contributed by atoms with Gasteiger partial charge in [0.1, 0.15) is 5.78 Å². The van der Waals surface area contributed by atoms with Gasteiger partial charge in [0.05, 0.1) is 6.61 Å². The second kappa shape index (κ2) is 14.4. The maximum absolute atomic E-state index is 10.1. The predicted octanol–water partition coefficient (Wildman–Crippen LogP) is 3.94. The zero-order valence-electron chi connectivity index (χ0n) is 12.7. The van der Waals surface area contributed by atoms with Gasteiger partial charge in [-0.3, -0.25) is 4.79 Å². The number of esters is 1. The van der Waals surface area contributed by atoms with Gasteiger partial charge in [0.15, 0.2) is 0 Å². The zero-order chi connectivity index (χ0) is 15.1. The van der Waals surface area contributed by atoms with E-state index in [1.54, 1.807) is 0 Å². The van der Waals surface area contributed by atoms with E-state index in [0.717, 1.165) is 12.8 Å². The highest BCUT2D eigenvalue weighted by atomic mass is 16.5. The van der Waals surface area contributed by atoms with Crippen LogP contribution in [0.15, 0.2) is 30.3 Å². The van der Waals surface area contributed by atoms with Crippen LogP contribution in [0.4, 0.5) is 0 Å². The summed E-state index contributed by atoms with van der Waals surface area (Å²) in [7, 11) is 0. The Bertz CT molecular complexity index is 327. The van der Waals surface area contributed by atoms with Gasteiger partial charge in [-0.15, -0.1) is 0 Å². The molecule has 0 N–H and O–H groups in total. The summed E-state index contributed by atoms with van der Waals surface area (Å²) >= 11 is 0. The van der Waals surface area contributed by atoms with Gasteiger partial charge in [0.25, 0.3) is 0 Å². The molecule has 0 heterocycles. The Hall–Kier alpha value is -1.64. The van der Waals surface area contributed by atoms with Crippen molar-refractivity contribution < 1.29 is 14.3 Å². The first-order valence-electron chi connectivity index (χ1n) is 6.52. The van der Waals surface area contributed by atoms with E-state index in [0.29, 0.717) is 6.61 Å². The molecule has 0 amide bonds. The van der Waals surface area contributed by atoms with E-state index >= 15 is 0 Å². The molecule has 108 valence electrons. The van der Waals surface area contributed by atoms with E-state index in [2.05, 4.69) is 30.7 Å². The fourth-order valence-electron chi connectivity index (χ4n) is 0.895. The lowest BCUT2D eigenvalue weighted by molar-refractivity contribution is -0.141. The van der Waals surface area contributed by atoms with Crippen LogP contribution in [-0.2, 0) is 14.3 Å². The van der Waals surface area contributed by atoms with Gasteiger partial charge in [-0.25, -0.2) is 0 Å². The van der Waals surface area contributed by atoms with Crippen molar-refractivity contribution in [3.05, 3.63) is 35.9 Å². The van der Waals surface area contributed by atoms with E-state index in [9.17, 15) is 9.59 Å². The van der Waals surface area contributed by atoms with Crippen LogP contribution in [0.2, 0.25) is 0 Å². The van der Waals surface area contributed by atoms with Crippen molar-refractivity contribution in [2.24, 2.45) is 0 Å². The summed E-state index contributed by atoms with van der Waals surface area (Å²) in [6, 6.07) is 10.3. The Balaban J connectivity index is 0. The summed E-state index contributed by atoms with van der Waals surface area (Å²) < 4.78 is 4.64. The lowest BCUT2D eigenvalue weighted by atomic mass is 10.2. The number of unbranched alkanes of at least 4 members (excludes halogenated alkanes) is 1. The van der Waals surface area contributed by atoms with Crippen LogP contribution < -0.4 is 0 Å². The standard InChI is InChI=1S/C7H8.C6H12O2.C3H6O/c1-7-5-3-2-4-6-7;1-3-4-5-8-6(2)7;1-3(2)4/h2-6H,1H3;3-5H2,1-2H3;1-2H3. The van der Waals surface area contributed by atoms with Crippen molar-refractivity contribution in [1.29, 1.82) is 0 Å². The largest absolute Gasteiger partial charge is 0.466 e. The second-order valence-electron chi connectivity index (χ2n) is 4.26. The van der Waals surface area contributed by atoms with E-state index in [4.69, 9.17) is 0 Å². The summed E-state index contributed by atoms with van der Waals surface area (Å²) in [5, 5.41) is 0. The summed E-state index contributed by atoms with van der Waals surface area (Å²) in [5.41, 5.74) is 1.32. The van der Waals surface area contributed by atoms with Crippen LogP contribution >= 0.6 is 0 Å². The molecular weight excluding hydrogens is 240 g/mol. The smallest absolute Gasteiger partial charge is 0.302 e. The van der Waals surface area contributed by atoms with Crippen molar-refractivity contribution >= 4 is 11.8 Å². The Labute approximate surface area is 117 Å². The van der Waals surface area contributed by atoms with E-state index in [1.807, 2.05) is 18.2 Å². The number of benzene rings is 1. The van der Waals surface area contributed by atoms with Gasteiger partial charge in [0.2, 0.25) is 0 Å². The van der Waals surface area contributed by atoms with Gasteiger partial charge in [-0.1, -0.05) is 49.2 Å². The highest BCUT2D eigenvalue weighted by molar-refractivity contribution is 5.72. The topological polar surface area (TPSA) is 43.4 Å². The highest BCUT2D eigenvalue weighted by Crippen LogP contribution is 1.92. The van der Waals surface area contributed by atoms with Gasteiger partial charge in [0, 0.05) is 6.92 Å². The third-order valence-corrected chi connectivity index (χ3v) is 1.74. The quantitative estimate of drug-likeness (QED) is 0.614. The van der Waals surface area contributed by atoms with Gasteiger partial charge in [-0.2, -0.15) is 0 Å². The first kappa shape index (κ1) is 19.7. The van der Waals surface area contributed by atoms with Crippen LogP contribution in [0.1, 0.15) is 46.1 Å². The molecule has 0 bridgehead atoms. The Morgan fingerprint density at radius 3 is 1.79 bits per heavy atom. The fraction of sp³-hybridized carbons (Fsp3) is 0.500. The Kier molecular flexibility index (Phi) is 14.9. The van der Waals surface area contributed by atoms with Crippen molar-refractivity contribution in [1.82, 2.24) is 0 Å². The third-order valence-electron chi connectivity index (χ3n) is 1.74. The zero-order valence-corrected chi connectivity index (χ0v) is 12.7. The molecule has 0 saturated carbocycles. The summed E-state index contributed by atoms with van der Waals surface area (Å²) in [5.74, 6) is -0.0153. The molecule has 0 spiro atoms. The minimum Gasteiger partial charge on any atom is -0.466 e. The van der Waals surface area contributed by atoms with Crippen LogP contribution in [0.5, 0.6) is 0 Å². The van der Waals surface area contributed by atoms with Gasteiger partial charge < -0.3 is 9.53 Å². The van der Waals surface area contributed by atoms with Crippen LogP contribution in [0.3, 0.4) is 0 Å². The van der Waals surface area contributed by atoms with Crippen molar-refractivity contribution in [2.45, 2.75) is 47.5 Å². The highest BCUT2D eigenvalue weighted by Gasteiger charge is 1.88. The molecule has 0 radical (unpaired) electrons. The monoisotopic (exact) mass is 266 g/mol. The number of hydrogen-bond acceptors (Lipinski definition) is 3. The Morgan fingerprint density at radius 2 is 1.53 bits per heavy atom. The number of Topliss-reactive ketones (excluding diaryl/α,β-unsaturated/α-hetero) is 1.